The van der Waals surface area contributed by atoms with E-state index in [9.17, 15) is 4.79 Å². The van der Waals surface area contributed by atoms with E-state index in [1.54, 1.807) is 28.3 Å². The Morgan fingerprint density at radius 3 is 2.81 bits per heavy atom. The molecule has 4 aromatic rings. The first-order valence-electron chi connectivity index (χ1n) is 10.6. The number of thiophene rings is 1. The molecule has 0 unspecified atom stereocenters. The highest BCUT2D eigenvalue weighted by molar-refractivity contribution is 7.13. The van der Waals surface area contributed by atoms with Gasteiger partial charge in [-0.15, -0.1) is 16.4 Å². The van der Waals surface area contributed by atoms with E-state index in [0.29, 0.717) is 17.9 Å². The molecule has 7 nitrogen and oxygen atoms in total. The molecule has 0 radical (unpaired) electrons. The molecule has 0 fully saturated rings. The van der Waals surface area contributed by atoms with Crippen molar-refractivity contribution in [1.29, 1.82) is 0 Å². The summed E-state index contributed by atoms with van der Waals surface area (Å²) in [6.07, 6.45) is 2.75. The van der Waals surface area contributed by atoms with Crippen molar-refractivity contribution in [2.75, 3.05) is 24.1 Å². The van der Waals surface area contributed by atoms with Crippen LogP contribution in [0.5, 0.6) is 0 Å². The molecular weight excluding hydrogens is 420 g/mol. The lowest BCUT2D eigenvalue weighted by Gasteiger charge is -2.28. The Hall–Kier alpha value is -3.49. The summed E-state index contributed by atoms with van der Waals surface area (Å²) in [5.41, 5.74) is 11.3. The molecule has 1 amide bonds. The zero-order chi connectivity index (χ0) is 21.9. The van der Waals surface area contributed by atoms with Crippen LogP contribution in [0.1, 0.15) is 21.6 Å². The highest BCUT2D eigenvalue weighted by Crippen LogP contribution is 2.30. The van der Waals surface area contributed by atoms with E-state index >= 15 is 0 Å². The van der Waals surface area contributed by atoms with Gasteiger partial charge in [0.1, 0.15) is 0 Å². The molecule has 0 atom stereocenters. The molecule has 0 bridgehead atoms. The second kappa shape index (κ2) is 8.94. The Morgan fingerprint density at radius 1 is 1.09 bits per heavy atom. The fourth-order valence-corrected chi connectivity index (χ4v) is 4.67. The van der Waals surface area contributed by atoms with Crippen molar-refractivity contribution < 1.29 is 4.79 Å². The molecule has 3 heterocycles. The van der Waals surface area contributed by atoms with Crippen LogP contribution in [-0.4, -0.2) is 38.9 Å². The third-order valence-corrected chi connectivity index (χ3v) is 6.65. The molecule has 8 heteroatoms. The number of hydrogen-bond acceptors (Lipinski definition) is 6. The van der Waals surface area contributed by atoms with Crippen molar-refractivity contribution in [3.8, 4) is 10.4 Å². The average Bonchev–Trinajstić information content (AvgIpc) is 3.52. The molecule has 0 saturated heterocycles. The van der Waals surface area contributed by atoms with Gasteiger partial charge < -0.3 is 11.1 Å². The average molecular weight is 445 g/mol. The largest absolute Gasteiger partial charge is 0.397 e. The van der Waals surface area contributed by atoms with Crippen LogP contribution in [0.4, 0.5) is 11.4 Å². The third-order valence-electron chi connectivity index (χ3n) is 5.73. The molecule has 5 rings (SSSR count). The number of nitrogens with zero attached hydrogens (tertiary/aromatic N) is 4. The smallest absolute Gasteiger partial charge is 0.277 e. The molecule has 3 N–H and O–H groups in total. The van der Waals surface area contributed by atoms with Gasteiger partial charge in [0.05, 0.1) is 24.1 Å². The van der Waals surface area contributed by atoms with Crippen molar-refractivity contribution >= 4 is 28.6 Å². The molecule has 2 aromatic carbocycles. The van der Waals surface area contributed by atoms with Crippen molar-refractivity contribution in [2.24, 2.45) is 0 Å². The molecule has 0 aliphatic carbocycles. The maximum absolute atomic E-state index is 12.7. The number of nitrogens with two attached hydrogens (primary N) is 1. The highest BCUT2D eigenvalue weighted by atomic mass is 32.1. The van der Waals surface area contributed by atoms with Crippen LogP contribution in [-0.2, 0) is 19.5 Å². The zero-order valence-electron chi connectivity index (χ0n) is 17.6. The predicted octanol–water partition coefficient (Wildman–Crippen LogP) is 3.90. The third kappa shape index (κ3) is 4.42. The van der Waals surface area contributed by atoms with Crippen LogP contribution < -0.4 is 11.1 Å². The van der Waals surface area contributed by atoms with Gasteiger partial charge in [0, 0.05) is 24.5 Å². The summed E-state index contributed by atoms with van der Waals surface area (Å²) < 4.78 is 1.72. The Balaban J connectivity index is 1.21. The molecular formula is C24H24N6OS. The van der Waals surface area contributed by atoms with Gasteiger partial charge >= 0.3 is 0 Å². The Labute approximate surface area is 190 Å². The lowest BCUT2D eigenvalue weighted by Crippen LogP contribution is -2.33. The van der Waals surface area contributed by atoms with Crippen molar-refractivity contribution in [3.05, 3.63) is 83.0 Å². The molecule has 0 saturated carbocycles. The summed E-state index contributed by atoms with van der Waals surface area (Å²) in [6, 6.07) is 18.3. The van der Waals surface area contributed by atoms with Gasteiger partial charge in [-0.2, -0.15) is 0 Å². The number of rotatable bonds is 6. The standard InChI is InChI=1S/C24H24N6OS/c25-20-8-7-18(23-6-3-13-32-23)14-21(20)26-24(31)22-16-30(28-27-22)12-11-29-10-9-17-4-1-2-5-19(17)15-29/h1-8,13-14,16H,9-12,15,25H2,(H,26,31). The minimum absolute atomic E-state index is 0.273. The lowest BCUT2D eigenvalue weighted by molar-refractivity contribution is 0.102. The zero-order valence-corrected chi connectivity index (χ0v) is 18.4. The lowest BCUT2D eigenvalue weighted by atomic mass is 10.00. The van der Waals surface area contributed by atoms with Gasteiger partial charge in [0.2, 0.25) is 0 Å². The van der Waals surface area contributed by atoms with Crippen LogP contribution >= 0.6 is 11.3 Å². The highest BCUT2D eigenvalue weighted by Gasteiger charge is 2.17. The summed E-state index contributed by atoms with van der Waals surface area (Å²) in [4.78, 5) is 16.3. The van der Waals surface area contributed by atoms with E-state index in [0.717, 1.165) is 36.5 Å². The maximum atomic E-state index is 12.7. The number of nitrogens with one attached hydrogen (secondary N) is 1. The number of aromatic nitrogens is 3. The Morgan fingerprint density at radius 2 is 1.97 bits per heavy atom. The molecule has 1 aliphatic rings. The quantitative estimate of drug-likeness (QED) is 0.440. The number of nitrogen functional groups attached to an aromatic ring is 1. The minimum atomic E-state index is -0.321. The van der Waals surface area contributed by atoms with Gasteiger partial charge in [-0.25, -0.2) is 0 Å². The summed E-state index contributed by atoms with van der Waals surface area (Å²) in [7, 11) is 0. The van der Waals surface area contributed by atoms with Crippen LogP contribution in [0.25, 0.3) is 10.4 Å². The number of hydrogen-bond donors (Lipinski definition) is 2. The van der Waals surface area contributed by atoms with Crippen molar-refractivity contribution in [3.63, 3.8) is 0 Å². The second-order valence-corrected chi connectivity index (χ2v) is 8.84. The molecule has 2 aromatic heterocycles. The number of carbonyl (C=O) groups excluding carboxylic acids is 1. The number of amides is 1. The molecule has 32 heavy (non-hydrogen) atoms. The minimum Gasteiger partial charge on any atom is -0.397 e. The van der Waals surface area contributed by atoms with Crippen molar-refractivity contribution in [2.45, 2.75) is 19.5 Å². The van der Waals surface area contributed by atoms with Gasteiger partial charge in [-0.1, -0.05) is 41.6 Å². The van der Waals surface area contributed by atoms with Gasteiger partial charge in [-0.05, 0) is 46.7 Å². The summed E-state index contributed by atoms with van der Waals surface area (Å²) in [5.74, 6) is -0.321. The van der Waals surface area contributed by atoms with Crippen LogP contribution in [0.2, 0.25) is 0 Å². The van der Waals surface area contributed by atoms with E-state index in [1.807, 2.05) is 29.6 Å². The van der Waals surface area contributed by atoms with Gasteiger partial charge in [0.15, 0.2) is 5.69 Å². The fourth-order valence-electron chi connectivity index (χ4n) is 3.95. The second-order valence-electron chi connectivity index (χ2n) is 7.90. The Bertz CT molecular complexity index is 1230. The summed E-state index contributed by atoms with van der Waals surface area (Å²) in [6.45, 7) is 3.50. The van der Waals surface area contributed by atoms with Crippen LogP contribution in [0, 0.1) is 0 Å². The van der Waals surface area contributed by atoms with E-state index < -0.39 is 0 Å². The maximum Gasteiger partial charge on any atom is 0.277 e. The van der Waals surface area contributed by atoms with E-state index in [4.69, 9.17) is 5.73 Å². The number of carbonyl (C=O) groups is 1. The van der Waals surface area contributed by atoms with Gasteiger partial charge in [0.25, 0.3) is 5.91 Å². The molecule has 1 aliphatic heterocycles. The normalized spacial score (nSPS) is 13.6. The van der Waals surface area contributed by atoms with E-state index in [1.165, 1.54) is 11.1 Å². The van der Waals surface area contributed by atoms with E-state index in [2.05, 4.69) is 44.8 Å². The molecule has 0 spiro atoms. The first kappa shape index (κ1) is 20.4. The SMILES string of the molecule is Nc1ccc(-c2cccs2)cc1NC(=O)c1cn(CCN2CCc3ccccc3C2)nn1. The Kier molecular flexibility index (Phi) is 5.70. The summed E-state index contributed by atoms with van der Waals surface area (Å²) in [5, 5.41) is 13.1. The van der Waals surface area contributed by atoms with Crippen LogP contribution in [0.15, 0.2) is 66.2 Å². The predicted molar refractivity (Wildman–Crippen MR) is 128 cm³/mol. The topological polar surface area (TPSA) is 89.1 Å². The number of benzene rings is 2. The number of fused-ring (bicyclic) bond motifs is 1. The van der Waals surface area contributed by atoms with Crippen molar-refractivity contribution in [1.82, 2.24) is 19.9 Å². The monoisotopic (exact) mass is 444 g/mol. The van der Waals surface area contributed by atoms with E-state index in [-0.39, 0.29) is 11.6 Å². The fraction of sp³-hybridized carbons (Fsp3) is 0.208. The molecule has 162 valence electrons. The van der Waals surface area contributed by atoms with Crippen LogP contribution in [0.3, 0.4) is 0 Å². The first-order valence-corrected chi connectivity index (χ1v) is 11.5. The van der Waals surface area contributed by atoms with Gasteiger partial charge in [-0.3, -0.25) is 14.4 Å². The number of anilines is 2. The first-order chi connectivity index (χ1) is 15.7. The summed E-state index contributed by atoms with van der Waals surface area (Å²) >= 11 is 1.64.